The van der Waals surface area contributed by atoms with Gasteiger partial charge in [0.05, 0.1) is 29.7 Å². The molecule has 0 radical (unpaired) electrons. The summed E-state index contributed by atoms with van der Waals surface area (Å²) in [7, 11) is -4.42. The van der Waals surface area contributed by atoms with Gasteiger partial charge in [-0.15, -0.1) is 0 Å². The highest BCUT2D eigenvalue weighted by molar-refractivity contribution is 7.89. The monoisotopic (exact) mass is 322 g/mol. The van der Waals surface area contributed by atoms with Crippen molar-refractivity contribution in [3.05, 3.63) is 34.1 Å². The topological polar surface area (TPSA) is 130 Å². The summed E-state index contributed by atoms with van der Waals surface area (Å²) in [6.07, 6.45) is 0.0498. The molecule has 0 bridgehead atoms. The minimum absolute atomic E-state index is 0.0498. The van der Waals surface area contributed by atoms with Gasteiger partial charge in [-0.3, -0.25) is 10.1 Å². The molecule has 8 nitrogen and oxygen atoms in total. The third kappa shape index (κ3) is 3.73. The fourth-order valence-corrected chi connectivity index (χ4v) is 3.22. The van der Waals surface area contributed by atoms with Crippen LogP contribution in [0.1, 0.15) is 13.3 Å². The molecule has 1 rings (SSSR count). The van der Waals surface area contributed by atoms with Crippen molar-refractivity contribution in [2.75, 3.05) is 13.2 Å². The SMILES string of the molecule is CCC(CO)(CO)NS(=O)(=O)c1ccc(F)cc1[N+](=O)[O-]. The van der Waals surface area contributed by atoms with Crippen molar-refractivity contribution in [1.29, 1.82) is 0 Å². The van der Waals surface area contributed by atoms with Crippen molar-refractivity contribution in [2.45, 2.75) is 23.8 Å². The molecule has 0 aliphatic heterocycles. The van der Waals surface area contributed by atoms with E-state index in [1.165, 1.54) is 6.92 Å². The largest absolute Gasteiger partial charge is 0.394 e. The summed E-state index contributed by atoms with van der Waals surface area (Å²) < 4.78 is 39.5. The molecule has 21 heavy (non-hydrogen) atoms. The van der Waals surface area contributed by atoms with Crippen LogP contribution in [0.5, 0.6) is 0 Å². The third-order valence-corrected chi connectivity index (χ3v) is 4.67. The average Bonchev–Trinajstić information content (AvgIpc) is 2.44. The fourth-order valence-electron chi connectivity index (χ4n) is 1.61. The van der Waals surface area contributed by atoms with Gasteiger partial charge in [-0.05, 0) is 18.6 Å². The van der Waals surface area contributed by atoms with E-state index in [0.29, 0.717) is 6.07 Å². The molecular formula is C11H15FN2O6S. The van der Waals surface area contributed by atoms with Crippen LogP contribution in [0.3, 0.4) is 0 Å². The Morgan fingerprint density at radius 3 is 2.38 bits per heavy atom. The maximum absolute atomic E-state index is 13.0. The van der Waals surface area contributed by atoms with Crippen LogP contribution in [-0.2, 0) is 10.0 Å². The van der Waals surface area contributed by atoms with Crippen molar-refractivity contribution in [1.82, 2.24) is 4.72 Å². The lowest BCUT2D eigenvalue weighted by Crippen LogP contribution is -2.53. The van der Waals surface area contributed by atoms with Gasteiger partial charge in [0.25, 0.3) is 5.69 Å². The quantitative estimate of drug-likeness (QED) is 0.484. The zero-order chi connectivity index (χ0) is 16.3. The van der Waals surface area contributed by atoms with Gasteiger partial charge in [-0.25, -0.2) is 17.5 Å². The van der Waals surface area contributed by atoms with E-state index >= 15 is 0 Å². The minimum atomic E-state index is -4.42. The third-order valence-electron chi connectivity index (χ3n) is 3.04. The summed E-state index contributed by atoms with van der Waals surface area (Å²) in [6, 6.07) is 2.01. The highest BCUT2D eigenvalue weighted by Crippen LogP contribution is 2.26. The Labute approximate surface area is 120 Å². The molecule has 0 aromatic heterocycles. The highest BCUT2D eigenvalue weighted by atomic mass is 32.2. The number of nitrogens with one attached hydrogen (secondary N) is 1. The van der Waals surface area contributed by atoms with Crippen molar-refractivity contribution in [2.24, 2.45) is 0 Å². The van der Waals surface area contributed by atoms with E-state index in [1.807, 2.05) is 4.72 Å². The van der Waals surface area contributed by atoms with Gasteiger partial charge in [-0.2, -0.15) is 0 Å². The molecule has 0 aliphatic carbocycles. The molecule has 0 amide bonds. The normalized spacial score (nSPS) is 12.4. The molecule has 0 unspecified atom stereocenters. The van der Waals surface area contributed by atoms with Gasteiger partial charge in [0, 0.05) is 0 Å². The summed E-state index contributed by atoms with van der Waals surface area (Å²) in [5.41, 5.74) is -2.48. The second kappa shape index (κ2) is 6.43. The van der Waals surface area contributed by atoms with E-state index in [4.69, 9.17) is 0 Å². The van der Waals surface area contributed by atoms with Gasteiger partial charge in [0.15, 0.2) is 4.90 Å². The standard InChI is InChI=1S/C11H15FN2O6S/c1-2-11(6-15,7-16)13-21(19,20)10-4-3-8(12)5-9(10)14(17)18/h3-5,13,15-16H,2,6-7H2,1H3. The lowest BCUT2D eigenvalue weighted by molar-refractivity contribution is -0.388. The molecule has 1 aromatic carbocycles. The van der Waals surface area contributed by atoms with Crippen LogP contribution in [0.2, 0.25) is 0 Å². The van der Waals surface area contributed by atoms with Crippen LogP contribution in [0.25, 0.3) is 0 Å². The Bertz CT molecular complexity index is 621. The second-order valence-electron chi connectivity index (χ2n) is 4.42. The Kier molecular flexibility index (Phi) is 5.34. The molecule has 0 aliphatic rings. The van der Waals surface area contributed by atoms with Crippen molar-refractivity contribution in [3.63, 3.8) is 0 Å². The number of hydrogen-bond donors (Lipinski definition) is 3. The van der Waals surface area contributed by atoms with Crippen LogP contribution < -0.4 is 4.72 Å². The predicted molar refractivity (Wildman–Crippen MR) is 70.6 cm³/mol. The number of benzene rings is 1. The summed E-state index contributed by atoms with van der Waals surface area (Å²) in [6.45, 7) is 0.122. The van der Waals surface area contributed by atoms with Gasteiger partial charge in [0.2, 0.25) is 10.0 Å². The van der Waals surface area contributed by atoms with Crippen LogP contribution in [-0.4, -0.2) is 42.3 Å². The minimum Gasteiger partial charge on any atom is -0.394 e. The van der Waals surface area contributed by atoms with Crippen molar-refractivity contribution >= 4 is 15.7 Å². The van der Waals surface area contributed by atoms with Crippen molar-refractivity contribution < 1.29 is 27.9 Å². The first-order chi connectivity index (χ1) is 9.71. The number of hydrogen-bond acceptors (Lipinski definition) is 6. The molecule has 1 aromatic rings. The van der Waals surface area contributed by atoms with E-state index in [2.05, 4.69) is 0 Å². The summed E-state index contributed by atoms with van der Waals surface area (Å²) in [4.78, 5) is 9.08. The number of nitro benzene ring substituents is 1. The molecule has 0 spiro atoms. The molecular weight excluding hydrogens is 307 g/mol. The Balaban J connectivity index is 3.35. The van der Waals surface area contributed by atoms with Gasteiger partial charge < -0.3 is 10.2 Å². The molecule has 0 saturated heterocycles. The second-order valence-corrected chi connectivity index (χ2v) is 6.08. The Hall–Kier alpha value is -1.62. The number of nitro groups is 1. The van der Waals surface area contributed by atoms with Gasteiger partial charge >= 0.3 is 0 Å². The van der Waals surface area contributed by atoms with Crippen molar-refractivity contribution in [3.8, 4) is 0 Å². The Morgan fingerprint density at radius 2 is 1.95 bits per heavy atom. The first kappa shape index (κ1) is 17.4. The van der Waals surface area contributed by atoms with E-state index < -0.39 is 50.1 Å². The molecule has 118 valence electrons. The number of sulfonamides is 1. The van der Waals surface area contributed by atoms with Gasteiger partial charge in [0.1, 0.15) is 5.82 Å². The highest BCUT2D eigenvalue weighted by Gasteiger charge is 2.35. The predicted octanol–water partition coefficient (Wildman–Crippen LogP) is 0.146. The number of halogens is 1. The molecule has 0 atom stereocenters. The zero-order valence-corrected chi connectivity index (χ0v) is 11.9. The van der Waals surface area contributed by atoms with E-state index in [9.17, 15) is 33.1 Å². The van der Waals surface area contributed by atoms with Crippen LogP contribution in [0.15, 0.2) is 23.1 Å². The molecule has 3 N–H and O–H groups in total. The van der Waals surface area contributed by atoms with Crippen LogP contribution in [0.4, 0.5) is 10.1 Å². The van der Waals surface area contributed by atoms with Gasteiger partial charge in [-0.1, -0.05) is 6.92 Å². The molecule has 10 heteroatoms. The maximum Gasteiger partial charge on any atom is 0.292 e. The van der Waals surface area contributed by atoms with E-state index in [-0.39, 0.29) is 6.42 Å². The molecule has 0 saturated carbocycles. The first-order valence-electron chi connectivity index (χ1n) is 5.91. The first-order valence-corrected chi connectivity index (χ1v) is 7.39. The van der Waals surface area contributed by atoms with Crippen LogP contribution >= 0.6 is 0 Å². The molecule has 0 fully saturated rings. The fraction of sp³-hybridized carbons (Fsp3) is 0.455. The number of aliphatic hydroxyl groups excluding tert-OH is 2. The summed E-state index contributed by atoms with van der Waals surface area (Å²) in [5.74, 6) is -0.952. The summed E-state index contributed by atoms with van der Waals surface area (Å²) >= 11 is 0. The number of aliphatic hydroxyl groups is 2. The smallest absolute Gasteiger partial charge is 0.292 e. The van der Waals surface area contributed by atoms with E-state index in [0.717, 1.165) is 12.1 Å². The average molecular weight is 322 g/mol. The van der Waals surface area contributed by atoms with E-state index in [1.54, 1.807) is 0 Å². The number of rotatable bonds is 7. The molecule has 0 heterocycles. The Morgan fingerprint density at radius 1 is 1.38 bits per heavy atom. The zero-order valence-electron chi connectivity index (χ0n) is 11.1. The lowest BCUT2D eigenvalue weighted by Gasteiger charge is -2.29. The summed E-state index contributed by atoms with van der Waals surface area (Å²) in [5, 5.41) is 29.3. The lowest BCUT2D eigenvalue weighted by atomic mass is 10.0. The van der Waals surface area contributed by atoms with Crippen LogP contribution in [0, 0.1) is 15.9 Å². The maximum atomic E-state index is 13.0. The number of nitrogens with zero attached hydrogens (tertiary/aromatic N) is 1.